The summed E-state index contributed by atoms with van der Waals surface area (Å²) in [5.41, 5.74) is 5.86. The van der Waals surface area contributed by atoms with Gasteiger partial charge in [0.2, 0.25) is 0 Å². The second kappa shape index (κ2) is 4.86. The monoisotopic (exact) mass is 330 g/mol. The lowest BCUT2D eigenvalue weighted by Crippen LogP contribution is -2.37. The van der Waals surface area contributed by atoms with E-state index in [9.17, 15) is 14.1 Å². The van der Waals surface area contributed by atoms with Crippen LogP contribution in [0.1, 0.15) is 6.23 Å². The van der Waals surface area contributed by atoms with E-state index in [0.29, 0.717) is 0 Å². The first-order valence-electron chi connectivity index (χ1n) is 6.30. The first-order chi connectivity index (χ1) is 10.5. The molecule has 2 aliphatic rings. The average Bonchev–Trinajstić information content (AvgIpc) is 3.01. The molecule has 2 aromatic heterocycles. The van der Waals surface area contributed by atoms with Crippen molar-refractivity contribution in [2.45, 2.75) is 24.5 Å². The van der Waals surface area contributed by atoms with Crippen LogP contribution < -0.4 is 5.73 Å². The molecule has 12 heteroatoms. The van der Waals surface area contributed by atoms with E-state index in [1.807, 2.05) is 0 Å². The summed E-state index contributed by atoms with van der Waals surface area (Å²) < 4.78 is 41.5. The maximum absolute atomic E-state index is 13.4. The highest BCUT2D eigenvalue weighted by Gasteiger charge is 2.54. The van der Waals surface area contributed by atoms with Crippen molar-refractivity contribution in [1.29, 1.82) is 0 Å². The fourth-order valence-corrected chi connectivity index (χ4v) is 3.36. The normalized spacial score (nSPS) is 33.3. The molecule has 0 spiro atoms. The van der Waals surface area contributed by atoms with Crippen LogP contribution in [-0.4, -0.2) is 49.5 Å². The molecular formula is C10H10FN5O5P+. The largest absolute Gasteiger partial charge is 0.697 e. The molecule has 2 saturated heterocycles. The van der Waals surface area contributed by atoms with Crippen LogP contribution in [0, 0.1) is 6.08 Å². The van der Waals surface area contributed by atoms with Gasteiger partial charge >= 0.3 is 14.3 Å². The van der Waals surface area contributed by atoms with Gasteiger partial charge in [0.1, 0.15) is 18.8 Å². The zero-order valence-electron chi connectivity index (χ0n) is 10.9. The summed E-state index contributed by atoms with van der Waals surface area (Å²) in [7, 11) is -2.29. The molecular weight excluding hydrogens is 320 g/mol. The van der Waals surface area contributed by atoms with E-state index >= 15 is 0 Å². The zero-order chi connectivity index (χ0) is 15.4. The molecule has 0 aromatic carbocycles. The van der Waals surface area contributed by atoms with Crippen molar-refractivity contribution in [2.24, 2.45) is 0 Å². The van der Waals surface area contributed by atoms with E-state index in [1.165, 1.54) is 10.9 Å². The summed E-state index contributed by atoms with van der Waals surface area (Å²) in [4.78, 5) is 11.0. The van der Waals surface area contributed by atoms with Gasteiger partial charge in [0.25, 0.3) is 0 Å². The van der Waals surface area contributed by atoms with Crippen molar-refractivity contribution in [3.63, 3.8) is 0 Å². The van der Waals surface area contributed by atoms with Crippen molar-refractivity contribution >= 4 is 25.2 Å². The van der Waals surface area contributed by atoms with Gasteiger partial charge in [-0.25, -0.2) is 4.98 Å². The zero-order valence-corrected chi connectivity index (χ0v) is 11.8. The Morgan fingerprint density at radius 3 is 3.14 bits per heavy atom. The van der Waals surface area contributed by atoms with Crippen molar-refractivity contribution in [2.75, 3.05) is 12.3 Å². The number of nitrogen functional groups attached to an aromatic ring is 1. The highest BCUT2D eigenvalue weighted by atomic mass is 31.1. The second-order valence-corrected chi connectivity index (χ2v) is 5.76. The summed E-state index contributed by atoms with van der Waals surface area (Å²) in [6, 6.07) is 0. The Hall–Kier alpha value is -1.78. The van der Waals surface area contributed by atoms with Crippen LogP contribution in [0.2, 0.25) is 0 Å². The molecule has 0 saturated carbocycles. The topological polar surface area (TPSA) is 135 Å². The molecule has 0 amide bonds. The molecule has 0 bridgehead atoms. The van der Waals surface area contributed by atoms with Gasteiger partial charge < -0.3 is 15.6 Å². The quantitative estimate of drug-likeness (QED) is 0.542. The second-order valence-electron chi connectivity index (χ2n) is 4.85. The van der Waals surface area contributed by atoms with Gasteiger partial charge in [-0.3, -0.25) is 4.57 Å². The number of ether oxygens (including phenoxy) is 1. The van der Waals surface area contributed by atoms with Gasteiger partial charge in [-0.2, -0.15) is 14.4 Å². The summed E-state index contributed by atoms with van der Waals surface area (Å²) in [6.07, 6.45) is -3.22. The number of imidazole rings is 1. The Labute approximate surface area is 123 Å². The van der Waals surface area contributed by atoms with Crippen LogP contribution >= 0.6 is 8.25 Å². The van der Waals surface area contributed by atoms with E-state index < -0.39 is 38.9 Å². The number of aliphatic hydroxyl groups is 1. The number of fused-ring (bicyclic) bond motifs is 2. The maximum Gasteiger partial charge on any atom is 0.697 e. The lowest BCUT2D eigenvalue weighted by atomic mass is 10.1. The average molecular weight is 330 g/mol. The standard InChI is InChI=1S/C10H10FN5O5P/c11-10-14-7(12)4-8(15-10)16(2-13-4)9-5(17)6-3(20-9)1-19-22(18)21-6/h2-3,5-6,9,17H,1H2,(H2,12,14,15)/q+1/t3?,5-,6+,9+/m0/s1. The molecule has 22 heavy (non-hydrogen) atoms. The lowest BCUT2D eigenvalue weighted by Gasteiger charge is -2.16. The predicted octanol–water partition coefficient (Wildman–Crippen LogP) is -0.121. The van der Waals surface area contributed by atoms with Crippen LogP contribution in [0.15, 0.2) is 6.33 Å². The van der Waals surface area contributed by atoms with E-state index in [-0.39, 0.29) is 23.6 Å². The molecule has 2 fully saturated rings. The number of nitrogens with two attached hydrogens (primary N) is 1. The highest BCUT2D eigenvalue weighted by Crippen LogP contribution is 2.42. The van der Waals surface area contributed by atoms with Crippen LogP contribution in [0.25, 0.3) is 11.2 Å². The van der Waals surface area contributed by atoms with E-state index in [4.69, 9.17) is 19.5 Å². The first-order valence-corrected chi connectivity index (χ1v) is 7.40. The molecule has 2 aliphatic heterocycles. The van der Waals surface area contributed by atoms with E-state index in [2.05, 4.69) is 15.0 Å². The molecule has 4 heterocycles. The fourth-order valence-electron chi connectivity index (χ4n) is 2.57. The molecule has 0 aliphatic carbocycles. The minimum Gasteiger partial charge on any atom is -0.385 e. The molecule has 116 valence electrons. The van der Waals surface area contributed by atoms with Crippen LogP contribution in [-0.2, 0) is 18.3 Å². The minimum atomic E-state index is -2.29. The van der Waals surface area contributed by atoms with Gasteiger partial charge in [-0.05, 0) is 0 Å². The lowest BCUT2D eigenvalue weighted by molar-refractivity contribution is -0.0553. The first kappa shape index (κ1) is 13.9. The predicted molar refractivity (Wildman–Crippen MR) is 68.0 cm³/mol. The number of rotatable bonds is 1. The van der Waals surface area contributed by atoms with Gasteiger partial charge in [0.15, 0.2) is 29.3 Å². The minimum absolute atomic E-state index is 0.0194. The molecule has 2 aromatic rings. The SMILES string of the molecule is Nc1nc(F)nc2c1ncn2[C@@H]1OC2CO[P+](=O)O[C@H]2[C@@H]1O. The Morgan fingerprint density at radius 2 is 2.32 bits per heavy atom. The van der Waals surface area contributed by atoms with Gasteiger partial charge in [-0.1, -0.05) is 0 Å². The Kier molecular flexibility index (Phi) is 3.06. The summed E-state index contributed by atoms with van der Waals surface area (Å²) >= 11 is 0. The van der Waals surface area contributed by atoms with Crippen molar-refractivity contribution in [3.8, 4) is 0 Å². The third kappa shape index (κ3) is 1.98. The van der Waals surface area contributed by atoms with Gasteiger partial charge in [0, 0.05) is 4.57 Å². The van der Waals surface area contributed by atoms with Gasteiger partial charge in [0.05, 0.1) is 6.33 Å². The molecule has 10 nitrogen and oxygen atoms in total. The van der Waals surface area contributed by atoms with Crippen molar-refractivity contribution in [3.05, 3.63) is 12.4 Å². The number of aromatic nitrogens is 4. The van der Waals surface area contributed by atoms with Crippen molar-refractivity contribution < 1.29 is 27.8 Å². The highest BCUT2D eigenvalue weighted by molar-refractivity contribution is 7.33. The molecule has 5 atom stereocenters. The maximum atomic E-state index is 13.4. The number of hydrogen-bond acceptors (Lipinski definition) is 9. The summed E-state index contributed by atoms with van der Waals surface area (Å²) in [6.45, 7) is 0.0194. The number of anilines is 1. The molecule has 3 N–H and O–H groups in total. The third-order valence-electron chi connectivity index (χ3n) is 3.56. The molecule has 4 rings (SSSR count). The number of nitrogens with zero attached hydrogens (tertiary/aromatic N) is 4. The third-order valence-corrected chi connectivity index (χ3v) is 4.33. The van der Waals surface area contributed by atoms with Crippen molar-refractivity contribution in [1.82, 2.24) is 19.5 Å². The smallest absolute Gasteiger partial charge is 0.385 e. The van der Waals surface area contributed by atoms with E-state index in [1.54, 1.807) is 0 Å². The van der Waals surface area contributed by atoms with Crippen LogP contribution in [0.5, 0.6) is 0 Å². The Balaban J connectivity index is 1.75. The van der Waals surface area contributed by atoms with Gasteiger partial charge in [-0.15, -0.1) is 9.05 Å². The molecule has 0 radical (unpaired) electrons. The Bertz CT molecular complexity index is 771. The van der Waals surface area contributed by atoms with Crippen LogP contribution in [0.3, 0.4) is 0 Å². The van der Waals surface area contributed by atoms with Crippen LogP contribution in [0.4, 0.5) is 10.2 Å². The summed E-state index contributed by atoms with van der Waals surface area (Å²) in [5.74, 6) is -0.117. The Morgan fingerprint density at radius 1 is 1.50 bits per heavy atom. The summed E-state index contributed by atoms with van der Waals surface area (Å²) in [5, 5.41) is 10.3. The fraction of sp³-hybridized carbons (Fsp3) is 0.500. The number of hydrogen-bond donors (Lipinski definition) is 2. The number of aliphatic hydroxyl groups excluding tert-OH is 1. The number of halogens is 1. The molecule has 2 unspecified atom stereocenters. The van der Waals surface area contributed by atoms with E-state index in [0.717, 1.165) is 0 Å².